The Balaban J connectivity index is 1.96. The third-order valence-electron chi connectivity index (χ3n) is 4.57. The summed E-state index contributed by atoms with van der Waals surface area (Å²) in [6.45, 7) is 0. The fourth-order valence-corrected chi connectivity index (χ4v) is 3.50. The molecule has 2 aromatic carbocycles. The summed E-state index contributed by atoms with van der Waals surface area (Å²) in [6.07, 6.45) is 1.54. The minimum atomic E-state index is -0.478. The van der Waals surface area contributed by atoms with Crippen molar-refractivity contribution in [2.45, 2.75) is 12.8 Å². The monoisotopic (exact) mass is 365 g/mol. The summed E-state index contributed by atoms with van der Waals surface area (Å²) >= 11 is 6.18. The number of hydrogen-bond acceptors (Lipinski definition) is 5. The number of nitrogens with two attached hydrogens (primary N) is 3. The number of benzene rings is 2. The third kappa shape index (κ3) is 2.64. The molecular weight excluding hydrogens is 350 g/mol. The van der Waals surface area contributed by atoms with E-state index in [-0.39, 0.29) is 5.95 Å². The summed E-state index contributed by atoms with van der Waals surface area (Å²) in [5.74, 6) is -0.267. The second-order valence-electron chi connectivity index (χ2n) is 6.22. The maximum absolute atomic E-state index is 11.3. The van der Waals surface area contributed by atoms with Crippen LogP contribution in [0.15, 0.2) is 36.4 Å². The van der Waals surface area contributed by atoms with Crippen molar-refractivity contribution in [1.29, 1.82) is 0 Å². The molecule has 0 atom stereocenters. The molecule has 26 heavy (non-hydrogen) atoms. The maximum atomic E-state index is 11.3. The van der Waals surface area contributed by atoms with Crippen LogP contribution in [0.4, 0.5) is 11.6 Å². The first-order valence-electron chi connectivity index (χ1n) is 8.09. The number of amides is 1. The zero-order valence-electron chi connectivity index (χ0n) is 13.8. The van der Waals surface area contributed by atoms with Crippen LogP contribution in [-0.4, -0.2) is 15.9 Å². The molecule has 1 aliphatic rings. The summed E-state index contributed by atoms with van der Waals surface area (Å²) < 4.78 is 0. The van der Waals surface area contributed by atoms with Crippen molar-refractivity contribution < 1.29 is 4.79 Å². The van der Waals surface area contributed by atoms with Crippen LogP contribution in [0.1, 0.15) is 21.6 Å². The second kappa shape index (κ2) is 6.00. The molecule has 0 radical (unpaired) electrons. The molecular formula is C19H16ClN5O. The molecule has 1 aliphatic carbocycles. The van der Waals surface area contributed by atoms with Crippen molar-refractivity contribution in [3.8, 4) is 22.4 Å². The summed E-state index contributed by atoms with van der Waals surface area (Å²) in [5.41, 5.74) is 23.6. The Kier molecular flexibility index (Phi) is 3.77. The molecule has 1 amide bonds. The van der Waals surface area contributed by atoms with E-state index in [0.717, 1.165) is 40.8 Å². The van der Waals surface area contributed by atoms with Gasteiger partial charge in [-0.05, 0) is 48.2 Å². The predicted octanol–water partition coefficient (Wildman–Crippen LogP) is 2.83. The number of nitrogens with zero attached hydrogens (tertiary/aromatic N) is 2. The van der Waals surface area contributed by atoms with Crippen molar-refractivity contribution in [1.82, 2.24) is 9.97 Å². The van der Waals surface area contributed by atoms with E-state index < -0.39 is 5.91 Å². The van der Waals surface area contributed by atoms with Gasteiger partial charge in [-0.3, -0.25) is 4.79 Å². The van der Waals surface area contributed by atoms with Crippen LogP contribution < -0.4 is 17.2 Å². The van der Waals surface area contributed by atoms with Gasteiger partial charge in [-0.2, -0.15) is 0 Å². The van der Waals surface area contributed by atoms with Crippen molar-refractivity contribution >= 4 is 29.1 Å². The number of rotatable bonds is 2. The van der Waals surface area contributed by atoms with Crippen LogP contribution in [0.5, 0.6) is 0 Å². The molecule has 1 aromatic heterocycles. The number of carbonyl (C=O) groups excluding carboxylic acids is 1. The van der Waals surface area contributed by atoms with E-state index >= 15 is 0 Å². The van der Waals surface area contributed by atoms with Crippen molar-refractivity contribution in [2.24, 2.45) is 5.73 Å². The predicted molar refractivity (Wildman–Crippen MR) is 103 cm³/mol. The molecule has 6 N–H and O–H groups in total. The Bertz CT molecular complexity index is 1050. The van der Waals surface area contributed by atoms with Gasteiger partial charge in [0.05, 0.1) is 22.1 Å². The lowest BCUT2D eigenvalue weighted by Gasteiger charge is -2.23. The fourth-order valence-electron chi connectivity index (χ4n) is 3.32. The molecule has 4 rings (SSSR count). The van der Waals surface area contributed by atoms with Crippen LogP contribution in [0.3, 0.4) is 0 Å². The van der Waals surface area contributed by atoms with E-state index in [1.54, 1.807) is 24.3 Å². The molecule has 0 spiro atoms. The molecule has 0 fully saturated rings. The molecule has 0 unspecified atom stereocenters. The number of aromatic nitrogens is 2. The number of nitrogen functional groups attached to an aromatic ring is 2. The number of halogens is 1. The van der Waals surface area contributed by atoms with Crippen molar-refractivity contribution in [2.75, 3.05) is 11.5 Å². The average Bonchev–Trinajstić information content (AvgIpc) is 2.62. The van der Waals surface area contributed by atoms with E-state index in [1.165, 1.54) is 0 Å². The van der Waals surface area contributed by atoms with Gasteiger partial charge in [0.1, 0.15) is 0 Å². The highest BCUT2D eigenvalue weighted by atomic mass is 35.5. The first kappa shape index (κ1) is 16.4. The number of fused-ring (bicyclic) bond motifs is 3. The van der Waals surface area contributed by atoms with Crippen LogP contribution >= 0.6 is 11.6 Å². The van der Waals surface area contributed by atoms with Crippen LogP contribution in [-0.2, 0) is 12.8 Å². The zero-order chi connectivity index (χ0) is 18.4. The van der Waals surface area contributed by atoms with E-state index in [4.69, 9.17) is 28.8 Å². The molecule has 3 aromatic rings. The SMILES string of the molecule is NC(=O)c1ccc(-c2nc(N)nc3c2-c2cc(N)c(Cl)cc2CC3)cc1. The Morgan fingerprint density at radius 2 is 1.77 bits per heavy atom. The molecule has 6 nitrogen and oxygen atoms in total. The van der Waals surface area contributed by atoms with Crippen LogP contribution in [0.25, 0.3) is 22.4 Å². The largest absolute Gasteiger partial charge is 0.398 e. The number of carbonyl (C=O) groups is 1. The molecule has 0 saturated heterocycles. The quantitative estimate of drug-likeness (QED) is 0.603. The lowest BCUT2D eigenvalue weighted by Crippen LogP contribution is -2.12. The first-order valence-corrected chi connectivity index (χ1v) is 8.46. The highest BCUT2D eigenvalue weighted by Crippen LogP contribution is 2.41. The van der Waals surface area contributed by atoms with Crippen LogP contribution in [0, 0.1) is 0 Å². The van der Waals surface area contributed by atoms with E-state index in [1.807, 2.05) is 12.1 Å². The van der Waals surface area contributed by atoms with Gasteiger partial charge in [0.25, 0.3) is 0 Å². The van der Waals surface area contributed by atoms with Crippen LogP contribution in [0.2, 0.25) is 5.02 Å². The zero-order valence-corrected chi connectivity index (χ0v) is 14.5. The van der Waals surface area contributed by atoms with Crippen molar-refractivity contribution in [3.05, 3.63) is 58.2 Å². The highest BCUT2D eigenvalue weighted by Gasteiger charge is 2.24. The third-order valence-corrected chi connectivity index (χ3v) is 4.89. The standard InChI is InChI=1S/C19H16ClN5O/c20-13-7-11-5-6-15-16(12(11)8-14(13)21)17(25-19(23)24-15)9-1-3-10(4-2-9)18(22)26/h1-4,7-8H,5-6,21H2,(H2,22,26)(H2,23,24,25). The Labute approximate surface area is 155 Å². The minimum absolute atomic E-state index is 0.211. The van der Waals surface area contributed by atoms with Gasteiger partial charge in [0.15, 0.2) is 0 Å². The Morgan fingerprint density at radius 3 is 2.46 bits per heavy atom. The average molecular weight is 366 g/mol. The number of anilines is 2. The normalized spacial score (nSPS) is 12.3. The van der Waals surface area contributed by atoms with Gasteiger partial charge in [-0.1, -0.05) is 23.7 Å². The molecule has 1 heterocycles. The molecule has 0 saturated carbocycles. The summed E-state index contributed by atoms with van der Waals surface area (Å²) in [6, 6.07) is 10.7. The highest BCUT2D eigenvalue weighted by molar-refractivity contribution is 6.33. The summed E-state index contributed by atoms with van der Waals surface area (Å²) in [5, 5.41) is 0.538. The molecule has 0 bridgehead atoms. The number of primary amides is 1. The van der Waals surface area contributed by atoms with Gasteiger partial charge in [0.2, 0.25) is 11.9 Å². The summed E-state index contributed by atoms with van der Waals surface area (Å²) in [7, 11) is 0. The Hall–Kier alpha value is -3.12. The molecule has 0 aliphatic heterocycles. The summed E-state index contributed by atoms with van der Waals surface area (Å²) in [4.78, 5) is 20.2. The van der Waals surface area contributed by atoms with E-state index in [2.05, 4.69) is 9.97 Å². The fraction of sp³-hybridized carbons (Fsp3) is 0.105. The van der Waals surface area contributed by atoms with Gasteiger partial charge >= 0.3 is 0 Å². The molecule has 130 valence electrons. The van der Waals surface area contributed by atoms with E-state index in [9.17, 15) is 4.79 Å². The second-order valence-corrected chi connectivity index (χ2v) is 6.63. The Morgan fingerprint density at radius 1 is 1.04 bits per heavy atom. The first-order chi connectivity index (χ1) is 12.4. The minimum Gasteiger partial charge on any atom is -0.398 e. The number of hydrogen-bond donors (Lipinski definition) is 3. The maximum Gasteiger partial charge on any atom is 0.248 e. The lowest BCUT2D eigenvalue weighted by molar-refractivity contribution is 0.100. The van der Waals surface area contributed by atoms with Gasteiger partial charge in [-0.15, -0.1) is 0 Å². The van der Waals surface area contributed by atoms with Gasteiger partial charge in [-0.25, -0.2) is 9.97 Å². The lowest BCUT2D eigenvalue weighted by atomic mass is 9.85. The topological polar surface area (TPSA) is 121 Å². The van der Waals surface area contributed by atoms with Gasteiger partial charge in [0, 0.05) is 16.7 Å². The van der Waals surface area contributed by atoms with E-state index in [0.29, 0.717) is 22.0 Å². The van der Waals surface area contributed by atoms with Crippen molar-refractivity contribution in [3.63, 3.8) is 0 Å². The number of aryl methyl sites for hydroxylation is 2. The smallest absolute Gasteiger partial charge is 0.248 e. The molecule has 7 heteroatoms. The van der Waals surface area contributed by atoms with Gasteiger partial charge < -0.3 is 17.2 Å².